The molecule has 0 amide bonds. The monoisotopic (exact) mass is 1240 g/mol. The molecular weight excluding hydrogens is 1110 g/mol. The average Bonchev–Trinajstić information content (AvgIpc) is 3.72. The maximum Gasteiger partial charge on any atom is 0.336 e. The number of β-amino-alcohol motifs (C(OH)–C–C–N with tert-alkyl or cyclic N) is 1. The molecule has 1 fully saturated rings. The molecule has 1 rings (SSSR count). The molecule has 0 aromatic carbocycles. The average molecular weight is 1240 g/mol. The molecule has 18 nitrogen and oxygen atoms in total. The lowest BCUT2D eigenvalue weighted by atomic mass is 9.94. The van der Waals surface area contributed by atoms with Crippen LogP contribution in [-0.2, 0) is 57.2 Å². The Morgan fingerprint density at radius 1 is 0.322 bits per heavy atom. The predicted molar refractivity (Wildman–Crippen MR) is 344 cm³/mol. The van der Waals surface area contributed by atoms with Gasteiger partial charge in [0.2, 0.25) is 0 Å². The maximum absolute atomic E-state index is 13.1. The number of unbranched alkanes of at least 4 members (excludes halogenated alkanes) is 21. The summed E-state index contributed by atoms with van der Waals surface area (Å²) in [7, 11) is 0. The van der Waals surface area contributed by atoms with E-state index in [1.165, 1.54) is 12.8 Å². The Labute approximate surface area is 528 Å². The van der Waals surface area contributed by atoms with E-state index in [4.69, 9.17) is 28.4 Å². The van der Waals surface area contributed by atoms with Gasteiger partial charge in [0.05, 0.1) is 57.4 Å². The second-order valence-electron chi connectivity index (χ2n) is 24.8. The first kappa shape index (κ1) is 81.6. The number of aliphatic hydroxyl groups excluding tert-OH is 3. The van der Waals surface area contributed by atoms with Crippen LogP contribution < -0.4 is 0 Å². The normalized spacial score (nSPS) is 14.2. The quantitative estimate of drug-likeness (QED) is 0.0292. The maximum atomic E-state index is 13.1. The van der Waals surface area contributed by atoms with Gasteiger partial charge < -0.3 is 43.7 Å². The van der Waals surface area contributed by atoms with E-state index in [0.717, 1.165) is 180 Å². The highest BCUT2D eigenvalue weighted by Crippen LogP contribution is 2.23. The summed E-state index contributed by atoms with van der Waals surface area (Å²) in [6, 6.07) is 0. The number of hydrogen-bond donors (Lipinski definition) is 3. The smallest absolute Gasteiger partial charge is 0.336 e. The van der Waals surface area contributed by atoms with Crippen LogP contribution in [0.2, 0.25) is 0 Å². The number of esters is 6. The number of nitrogens with zero attached hydrogens (tertiary/aromatic N) is 3. The van der Waals surface area contributed by atoms with Crippen LogP contribution in [0.5, 0.6) is 0 Å². The van der Waals surface area contributed by atoms with Crippen molar-refractivity contribution in [3.05, 3.63) is 0 Å². The van der Waals surface area contributed by atoms with Gasteiger partial charge >= 0.3 is 35.8 Å². The van der Waals surface area contributed by atoms with E-state index < -0.39 is 36.2 Å². The van der Waals surface area contributed by atoms with E-state index in [0.29, 0.717) is 71.2 Å². The Morgan fingerprint density at radius 3 is 0.828 bits per heavy atom. The van der Waals surface area contributed by atoms with Crippen LogP contribution in [0, 0.1) is 17.8 Å². The van der Waals surface area contributed by atoms with Gasteiger partial charge in [-0.15, -0.1) is 0 Å². The molecule has 18 heteroatoms. The first-order valence-corrected chi connectivity index (χ1v) is 35.5. The third kappa shape index (κ3) is 43.9. The lowest BCUT2D eigenvalue weighted by Gasteiger charge is -2.36. The van der Waals surface area contributed by atoms with Gasteiger partial charge in [-0.1, -0.05) is 196 Å². The summed E-state index contributed by atoms with van der Waals surface area (Å²) in [6.45, 7) is 16.6. The number of carbonyl (C=O) groups is 6. The van der Waals surface area contributed by atoms with Crippen molar-refractivity contribution in [3.8, 4) is 0 Å². The Balaban J connectivity index is 2.76. The fraction of sp³-hybridized carbons (Fsp3) is 0.913. The van der Waals surface area contributed by atoms with Crippen LogP contribution in [0.3, 0.4) is 0 Å². The van der Waals surface area contributed by atoms with Crippen molar-refractivity contribution in [3.63, 3.8) is 0 Å². The van der Waals surface area contributed by atoms with Crippen molar-refractivity contribution >= 4 is 35.8 Å². The summed E-state index contributed by atoms with van der Waals surface area (Å²) in [5.74, 6) is -3.11. The number of carbonyl (C=O) groups excluding carboxylic acids is 6. The molecule has 3 unspecified atom stereocenters. The molecule has 0 aliphatic carbocycles. The minimum Gasteiger partial charge on any atom is -0.465 e. The van der Waals surface area contributed by atoms with Gasteiger partial charge in [-0.3, -0.25) is 29.1 Å². The molecule has 0 aromatic rings. The molecule has 1 aliphatic rings. The molecule has 0 bridgehead atoms. The first-order valence-electron chi connectivity index (χ1n) is 35.5. The van der Waals surface area contributed by atoms with Crippen LogP contribution >= 0.6 is 0 Å². The molecule has 0 saturated carbocycles. The highest BCUT2D eigenvalue weighted by molar-refractivity contribution is 5.76. The van der Waals surface area contributed by atoms with Crippen LogP contribution in [0.25, 0.3) is 0 Å². The summed E-state index contributed by atoms with van der Waals surface area (Å²) in [4.78, 5) is 83.8. The lowest BCUT2D eigenvalue weighted by Crippen LogP contribution is -2.52. The molecule has 87 heavy (non-hydrogen) atoms. The Bertz CT molecular complexity index is 1590. The van der Waals surface area contributed by atoms with E-state index in [9.17, 15) is 44.1 Å². The Morgan fingerprint density at radius 2 is 0.563 bits per heavy atom. The van der Waals surface area contributed by atoms with Gasteiger partial charge in [0.15, 0.2) is 18.3 Å². The van der Waals surface area contributed by atoms with Gasteiger partial charge in [0, 0.05) is 58.9 Å². The summed E-state index contributed by atoms with van der Waals surface area (Å²) in [6.07, 6.45) is 30.1. The molecule has 3 atom stereocenters. The lowest BCUT2D eigenvalue weighted by molar-refractivity contribution is -0.158. The number of hydrogen-bond acceptors (Lipinski definition) is 18. The SMILES string of the molecule is CCCCCCC(CCCCCC)C(=O)OCCCCOC(=O)C(O)CN1CCN(CCN(CC(O)C(=O)OCCCCOC(=O)C(CCCCCC)CCCCCC)CC(O)C(=O)OCCCCOC(=O)C(CCCCCC)CCCCCC)CC1. The highest BCUT2D eigenvalue weighted by atomic mass is 16.6. The van der Waals surface area contributed by atoms with Crippen molar-refractivity contribution in [2.45, 2.75) is 291 Å². The van der Waals surface area contributed by atoms with Gasteiger partial charge in [-0.25, -0.2) is 14.4 Å². The van der Waals surface area contributed by atoms with E-state index in [-0.39, 0.29) is 101 Å². The number of rotatable bonds is 60. The highest BCUT2D eigenvalue weighted by Gasteiger charge is 2.29. The zero-order chi connectivity index (χ0) is 64.0. The summed E-state index contributed by atoms with van der Waals surface area (Å²) in [5.41, 5.74) is 0. The van der Waals surface area contributed by atoms with E-state index >= 15 is 0 Å². The topological polar surface area (TPSA) is 228 Å². The van der Waals surface area contributed by atoms with Crippen molar-refractivity contribution < 1.29 is 72.5 Å². The largest absolute Gasteiger partial charge is 0.465 e. The molecule has 0 radical (unpaired) electrons. The number of ether oxygens (including phenoxy) is 6. The third-order valence-electron chi connectivity index (χ3n) is 16.8. The van der Waals surface area contributed by atoms with E-state index in [1.54, 1.807) is 4.90 Å². The van der Waals surface area contributed by atoms with Crippen molar-refractivity contribution in [2.75, 3.05) is 98.5 Å². The number of piperazine rings is 1. The second-order valence-corrected chi connectivity index (χ2v) is 24.8. The molecule has 510 valence electrons. The van der Waals surface area contributed by atoms with Gasteiger partial charge in [-0.05, 0) is 77.0 Å². The molecule has 1 saturated heterocycles. The third-order valence-corrected chi connectivity index (χ3v) is 16.8. The van der Waals surface area contributed by atoms with Gasteiger partial charge in [-0.2, -0.15) is 0 Å². The van der Waals surface area contributed by atoms with Crippen molar-refractivity contribution in [2.24, 2.45) is 17.8 Å². The van der Waals surface area contributed by atoms with Crippen LogP contribution in [0.1, 0.15) is 273 Å². The van der Waals surface area contributed by atoms with Crippen molar-refractivity contribution in [1.29, 1.82) is 0 Å². The Hall–Kier alpha value is -3.42. The van der Waals surface area contributed by atoms with Gasteiger partial charge in [0.1, 0.15) is 0 Å². The molecule has 1 heterocycles. The van der Waals surface area contributed by atoms with Crippen LogP contribution in [0.4, 0.5) is 0 Å². The summed E-state index contributed by atoms with van der Waals surface area (Å²) in [5, 5.41) is 32.9. The summed E-state index contributed by atoms with van der Waals surface area (Å²) >= 11 is 0. The molecular formula is C69H129N3O15. The van der Waals surface area contributed by atoms with E-state index in [2.05, 4.69) is 46.4 Å². The number of aliphatic hydroxyl groups is 3. The van der Waals surface area contributed by atoms with E-state index in [1.807, 2.05) is 4.90 Å². The summed E-state index contributed by atoms with van der Waals surface area (Å²) < 4.78 is 33.3. The van der Waals surface area contributed by atoms with Gasteiger partial charge in [0.25, 0.3) is 0 Å². The minimum atomic E-state index is -1.58. The molecule has 3 N–H and O–H groups in total. The first-order chi connectivity index (χ1) is 42.2. The second kappa shape index (κ2) is 56.6. The zero-order valence-corrected chi connectivity index (χ0v) is 56.1. The van der Waals surface area contributed by atoms with Crippen molar-refractivity contribution in [1.82, 2.24) is 14.7 Å². The molecule has 0 aromatic heterocycles. The Kier molecular flexibility index (Phi) is 53.0. The zero-order valence-electron chi connectivity index (χ0n) is 56.1. The minimum absolute atomic E-state index is 0.0200. The van der Waals surface area contributed by atoms with Crippen LogP contribution in [0.15, 0.2) is 0 Å². The fourth-order valence-corrected chi connectivity index (χ4v) is 11.0. The predicted octanol–water partition coefficient (Wildman–Crippen LogP) is 12.3. The van der Waals surface area contributed by atoms with Crippen LogP contribution in [-0.4, -0.2) is 183 Å². The fourth-order valence-electron chi connectivity index (χ4n) is 11.0. The molecule has 0 spiro atoms. The molecule has 1 aliphatic heterocycles. The standard InChI is InChI=1S/C69H129N3O15/c1-7-13-19-25-37-58(38-26-20-14-8-2)64(76)82-49-31-34-52-85-67(79)61(73)55-71-46-43-70(44-47-71)45-48-72(56-62(74)68(80)86-53-35-32-50-83-65(77)59(39-27-21-15-9-3)40-28-22-16-10-4)57-63(75)69(81)87-54-36-33-51-84-66(78)60(41-29-23-17-11-5)42-30-24-18-12-6/h58-63,73-75H,7-57H2,1-6H3.